The average molecular weight is 200 g/mol. The molecule has 78 valence electrons. The Kier molecular flexibility index (Phi) is 2.75. The molecule has 0 spiro atoms. The number of hydrogen-bond donors (Lipinski definition) is 0. The molecule has 15 heavy (non-hydrogen) atoms. The van der Waals surface area contributed by atoms with Gasteiger partial charge in [0.25, 0.3) is 0 Å². The predicted octanol–water partition coefficient (Wildman–Crippen LogP) is 2.40. The summed E-state index contributed by atoms with van der Waals surface area (Å²) >= 11 is 0. The molecule has 1 aromatic rings. The maximum atomic E-state index is 8.80. The van der Waals surface area contributed by atoms with Crippen molar-refractivity contribution in [3.8, 4) is 6.07 Å². The summed E-state index contributed by atoms with van der Waals surface area (Å²) in [6.07, 6.45) is 0. The summed E-state index contributed by atoms with van der Waals surface area (Å²) in [4.78, 5) is 2.45. The van der Waals surface area contributed by atoms with Gasteiger partial charge in [-0.3, -0.25) is 4.90 Å². The number of hydrogen-bond acceptors (Lipinski definition) is 2. The number of likely N-dealkylation sites (tertiary alicyclic amines) is 1. The zero-order chi connectivity index (χ0) is 10.8. The van der Waals surface area contributed by atoms with Crippen molar-refractivity contribution in [2.24, 2.45) is 5.92 Å². The molecule has 0 aromatic heterocycles. The third-order valence-corrected chi connectivity index (χ3v) is 3.36. The summed E-state index contributed by atoms with van der Waals surface area (Å²) in [6.45, 7) is 6.70. The molecule has 2 heteroatoms. The molecule has 0 saturated carbocycles. The van der Waals surface area contributed by atoms with E-state index in [9.17, 15) is 0 Å². The van der Waals surface area contributed by atoms with Crippen LogP contribution in [0, 0.1) is 17.2 Å². The van der Waals surface area contributed by atoms with Crippen LogP contribution in [0.4, 0.5) is 0 Å². The van der Waals surface area contributed by atoms with E-state index in [1.807, 2.05) is 18.2 Å². The molecule has 2 atom stereocenters. The average Bonchev–Trinajstić information content (AvgIpc) is 2.28. The van der Waals surface area contributed by atoms with Gasteiger partial charge in [-0.05, 0) is 30.5 Å². The van der Waals surface area contributed by atoms with Gasteiger partial charge in [-0.1, -0.05) is 19.1 Å². The fraction of sp³-hybridized carbons (Fsp3) is 0.462. The molecule has 1 fully saturated rings. The smallest absolute Gasteiger partial charge is 0.0991 e. The summed E-state index contributed by atoms with van der Waals surface area (Å²) in [7, 11) is 0. The fourth-order valence-corrected chi connectivity index (χ4v) is 2.09. The zero-order valence-electron chi connectivity index (χ0n) is 9.27. The largest absolute Gasteiger partial charge is 0.296 e. The van der Waals surface area contributed by atoms with Gasteiger partial charge in [0.05, 0.1) is 11.6 Å². The molecule has 1 heterocycles. The van der Waals surface area contributed by atoms with Crippen LogP contribution in [0.5, 0.6) is 0 Å². The second-order valence-corrected chi connectivity index (χ2v) is 4.46. The van der Waals surface area contributed by atoms with Crippen molar-refractivity contribution in [3.63, 3.8) is 0 Å². The third-order valence-electron chi connectivity index (χ3n) is 3.36. The normalized spacial score (nSPS) is 25.7. The van der Waals surface area contributed by atoms with Gasteiger partial charge in [0.15, 0.2) is 0 Å². The maximum Gasteiger partial charge on any atom is 0.0991 e. The van der Waals surface area contributed by atoms with Crippen molar-refractivity contribution in [1.82, 2.24) is 4.90 Å². The highest BCUT2D eigenvalue weighted by atomic mass is 15.2. The van der Waals surface area contributed by atoms with Gasteiger partial charge in [-0.2, -0.15) is 5.26 Å². The summed E-state index contributed by atoms with van der Waals surface area (Å²) in [6, 6.07) is 10.7. The van der Waals surface area contributed by atoms with Crippen LogP contribution in [-0.4, -0.2) is 17.5 Å². The molecule has 0 amide bonds. The van der Waals surface area contributed by atoms with Crippen LogP contribution in [0.2, 0.25) is 0 Å². The first-order chi connectivity index (χ1) is 7.20. The highest BCUT2D eigenvalue weighted by molar-refractivity contribution is 5.32. The van der Waals surface area contributed by atoms with Gasteiger partial charge < -0.3 is 0 Å². The highest BCUT2D eigenvalue weighted by Crippen LogP contribution is 2.25. The van der Waals surface area contributed by atoms with E-state index in [1.165, 1.54) is 12.1 Å². The summed E-state index contributed by atoms with van der Waals surface area (Å²) in [5.41, 5.74) is 2.00. The van der Waals surface area contributed by atoms with E-state index in [2.05, 4.69) is 30.9 Å². The molecule has 1 saturated heterocycles. The van der Waals surface area contributed by atoms with E-state index < -0.39 is 0 Å². The zero-order valence-corrected chi connectivity index (χ0v) is 9.27. The minimum Gasteiger partial charge on any atom is -0.296 e. The van der Waals surface area contributed by atoms with Crippen LogP contribution in [0.3, 0.4) is 0 Å². The van der Waals surface area contributed by atoms with Crippen LogP contribution in [0.25, 0.3) is 0 Å². The highest BCUT2D eigenvalue weighted by Gasteiger charge is 2.31. The summed E-state index contributed by atoms with van der Waals surface area (Å²) < 4.78 is 0. The standard InChI is InChI=1S/C13H16N2/c1-10-8-15(11(10)2)9-13-5-3-4-12(6-13)7-14/h3-6,10-11H,8-9H2,1-2H3/t10-,11+/m0/s1. The van der Waals surface area contributed by atoms with Crippen molar-refractivity contribution in [2.45, 2.75) is 26.4 Å². The lowest BCUT2D eigenvalue weighted by atomic mass is 9.91. The Labute approximate surface area is 91.1 Å². The SMILES string of the molecule is C[C@@H]1[C@@H](C)CN1Cc1cccc(C#N)c1. The van der Waals surface area contributed by atoms with Crippen LogP contribution in [0.1, 0.15) is 25.0 Å². The number of rotatable bonds is 2. The molecule has 1 aromatic carbocycles. The van der Waals surface area contributed by atoms with Crippen molar-refractivity contribution in [1.29, 1.82) is 5.26 Å². The Balaban J connectivity index is 2.03. The molecule has 1 aliphatic heterocycles. The Bertz CT molecular complexity index is 392. The number of nitriles is 1. The summed E-state index contributed by atoms with van der Waals surface area (Å²) in [5.74, 6) is 0.809. The van der Waals surface area contributed by atoms with Crippen molar-refractivity contribution >= 4 is 0 Å². The lowest BCUT2D eigenvalue weighted by Gasteiger charge is -2.45. The maximum absolute atomic E-state index is 8.80. The first-order valence-electron chi connectivity index (χ1n) is 5.44. The molecule has 0 radical (unpaired) electrons. The molecule has 0 aliphatic carbocycles. The van der Waals surface area contributed by atoms with Crippen LogP contribution < -0.4 is 0 Å². The number of nitrogens with zero attached hydrogens (tertiary/aromatic N) is 2. The van der Waals surface area contributed by atoms with E-state index in [4.69, 9.17) is 5.26 Å². The lowest BCUT2D eigenvalue weighted by Crippen LogP contribution is -2.52. The molecule has 0 unspecified atom stereocenters. The van der Waals surface area contributed by atoms with Gasteiger partial charge in [-0.25, -0.2) is 0 Å². The van der Waals surface area contributed by atoms with Crippen molar-refractivity contribution in [2.75, 3.05) is 6.54 Å². The van der Waals surface area contributed by atoms with Gasteiger partial charge in [0.1, 0.15) is 0 Å². The minimum absolute atomic E-state index is 0.677. The Morgan fingerprint density at radius 2 is 2.27 bits per heavy atom. The molecular formula is C13H16N2. The third kappa shape index (κ3) is 2.03. The molecule has 1 aliphatic rings. The fourth-order valence-electron chi connectivity index (χ4n) is 2.09. The van der Waals surface area contributed by atoms with E-state index in [-0.39, 0.29) is 0 Å². The first-order valence-corrected chi connectivity index (χ1v) is 5.44. The van der Waals surface area contributed by atoms with E-state index >= 15 is 0 Å². The van der Waals surface area contributed by atoms with Gasteiger partial charge >= 0.3 is 0 Å². The van der Waals surface area contributed by atoms with Crippen molar-refractivity contribution in [3.05, 3.63) is 35.4 Å². The van der Waals surface area contributed by atoms with Crippen LogP contribution in [-0.2, 0) is 6.54 Å². The quantitative estimate of drug-likeness (QED) is 0.733. The summed E-state index contributed by atoms with van der Waals surface area (Å²) in [5, 5.41) is 8.80. The molecule has 0 bridgehead atoms. The number of benzene rings is 1. The minimum atomic E-state index is 0.677. The van der Waals surface area contributed by atoms with E-state index in [0.29, 0.717) is 6.04 Å². The Hall–Kier alpha value is -1.33. The van der Waals surface area contributed by atoms with E-state index in [1.54, 1.807) is 0 Å². The monoisotopic (exact) mass is 200 g/mol. The van der Waals surface area contributed by atoms with Gasteiger partial charge in [-0.15, -0.1) is 0 Å². The second-order valence-electron chi connectivity index (χ2n) is 4.46. The Morgan fingerprint density at radius 3 is 2.87 bits per heavy atom. The Morgan fingerprint density at radius 1 is 1.47 bits per heavy atom. The predicted molar refractivity (Wildman–Crippen MR) is 60.2 cm³/mol. The topological polar surface area (TPSA) is 27.0 Å². The molecule has 0 N–H and O–H groups in total. The van der Waals surface area contributed by atoms with Crippen LogP contribution >= 0.6 is 0 Å². The van der Waals surface area contributed by atoms with Crippen LogP contribution in [0.15, 0.2) is 24.3 Å². The van der Waals surface area contributed by atoms with Gasteiger partial charge in [0, 0.05) is 19.1 Å². The van der Waals surface area contributed by atoms with E-state index in [0.717, 1.165) is 18.0 Å². The first kappa shape index (κ1) is 10.2. The molecule has 2 nitrogen and oxygen atoms in total. The van der Waals surface area contributed by atoms with Gasteiger partial charge in [0.2, 0.25) is 0 Å². The lowest BCUT2D eigenvalue weighted by molar-refractivity contribution is 0.0306. The molecular weight excluding hydrogens is 184 g/mol. The molecule has 2 rings (SSSR count). The van der Waals surface area contributed by atoms with Crippen molar-refractivity contribution < 1.29 is 0 Å². The second kappa shape index (κ2) is 4.04.